The first-order chi connectivity index (χ1) is 55.8. The number of oxazole rings is 1. The first-order valence-corrected chi connectivity index (χ1v) is 41.4. The fraction of sp³-hybridized carbons (Fsp3) is 0.667. The summed E-state index contributed by atoms with van der Waals surface area (Å²) in [6.45, 7) is 18.2. The molecule has 9 rings (SSSR count). The minimum absolute atomic E-state index is 0.0330. The summed E-state index contributed by atoms with van der Waals surface area (Å²) < 4.78 is 61.8. The van der Waals surface area contributed by atoms with Crippen molar-refractivity contribution in [2.24, 2.45) is 35.5 Å². The molecular weight excluding hydrogens is 1500 g/mol. The van der Waals surface area contributed by atoms with Crippen molar-refractivity contribution >= 4 is 69.1 Å². The second kappa shape index (κ2) is 46.3. The zero-order valence-electron chi connectivity index (χ0n) is 68.8. The molecule has 0 radical (unpaired) electrons. The molecule has 5 aromatic rings. The third-order valence-electron chi connectivity index (χ3n) is 22.5. The quantitative estimate of drug-likeness (QED) is 0.00897. The molecular formula is C84H124N12O20. The number of nitrogens with two attached hydrogens (primary N) is 2. The molecule has 0 spiro atoms. The van der Waals surface area contributed by atoms with Gasteiger partial charge in [-0.25, -0.2) is 24.1 Å². The van der Waals surface area contributed by atoms with E-state index < -0.39 is 95.6 Å². The van der Waals surface area contributed by atoms with Crippen LogP contribution in [0.5, 0.6) is 0 Å². The Morgan fingerprint density at radius 1 is 0.784 bits per heavy atom. The average Bonchev–Trinajstić information content (AvgIpc) is 1.54. The Balaban J connectivity index is 0.626. The molecule has 9 N–H and O–H groups in total. The van der Waals surface area contributed by atoms with Gasteiger partial charge in [-0.3, -0.25) is 24.0 Å². The normalized spacial score (nSPS) is 27.9. The summed E-state index contributed by atoms with van der Waals surface area (Å²) in [5.74, 6) is -8.92. The number of aliphatic hydroxyl groups excluding tert-OH is 3. The summed E-state index contributed by atoms with van der Waals surface area (Å²) in [6, 6.07) is 4.36. The number of esters is 1. The number of aromatic nitrogens is 8. The van der Waals surface area contributed by atoms with Crippen LogP contribution < -0.4 is 16.8 Å². The Labute approximate surface area is 679 Å². The maximum atomic E-state index is 14.7. The van der Waals surface area contributed by atoms with E-state index in [1.807, 2.05) is 69.5 Å². The van der Waals surface area contributed by atoms with Gasteiger partial charge in [0.05, 0.1) is 108 Å². The number of carbonyl (C=O) groups excluding carboxylic acids is 6. The third kappa shape index (κ3) is 27.0. The second-order valence-electron chi connectivity index (χ2n) is 31.6. The standard InChI is InChI=1S/C84H124N12O20/c1-53-18-10-9-11-19-54(2)70(107-8)49-63-25-22-59(7)84(106,116-63)78(103)81(104)95-30-15-12-21-65(95)82(105)114-71(50-66(97)55(3)45-58(6)76(101)77(102)75(100)57(5)44-53)56(4)46-60-23-26-69(67(98)47-60)113-33-17-13-20-62-51-94(93-91-62)32-35-109-37-39-111-41-43-112-42-40-110-38-36-108-34-28-72(99)87-29-14-16-31-96-80-73(79(85)88-52-89-80)74(92-96)61-24-27-68-64(48-61)90-83(86)115-68/h9-11,18-19,24,27,45,48,51-53,55-57,59-60,63,65,67,69-71,76-77,98,101-102,106H,12-17,20-23,25-26,28-44,46-47,49-50H2,1-8H3,(H2,86,90)(H,87,99)(H2,85,88,89)/b11-9+,18-10+,54-19+,58-45+/t53-,55-,56-,57-,59-,60+,63+,65+,67-,69-,70+,71+,76-,77+,84-/m1/s1. The summed E-state index contributed by atoms with van der Waals surface area (Å²) >= 11 is 0. The van der Waals surface area contributed by atoms with Crippen LogP contribution in [0.25, 0.3) is 33.4 Å². The number of hydrogen-bond acceptors (Lipinski definition) is 28. The number of fused-ring (bicyclic) bond motifs is 5. The number of nitrogens with zero attached hydrogens (tertiary/aromatic N) is 9. The van der Waals surface area contributed by atoms with Crippen molar-refractivity contribution < 1.29 is 96.2 Å². The van der Waals surface area contributed by atoms with E-state index in [2.05, 4.69) is 30.6 Å². The molecule has 0 unspecified atom stereocenters. The van der Waals surface area contributed by atoms with Crippen LogP contribution in [0, 0.1) is 35.5 Å². The lowest BCUT2D eigenvalue weighted by Crippen LogP contribution is -2.61. The number of ketones is 3. The molecule has 1 aromatic carbocycles. The number of anilines is 2. The van der Waals surface area contributed by atoms with Crippen molar-refractivity contribution in [3.63, 3.8) is 0 Å². The molecule has 2 saturated heterocycles. The Bertz CT molecular complexity index is 4100. The Morgan fingerprint density at radius 2 is 1.52 bits per heavy atom. The number of unbranched alkanes of at least 4 members (excludes halogenated alkanes) is 2. The minimum atomic E-state index is -2.48. The van der Waals surface area contributed by atoms with E-state index in [0.29, 0.717) is 184 Å². The topological polar surface area (TPSA) is 434 Å². The number of amides is 2. The summed E-state index contributed by atoms with van der Waals surface area (Å²) in [5.41, 5.74) is 17.1. The van der Waals surface area contributed by atoms with Gasteiger partial charge in [-0.05, 0) is 157 Å². The molecule has 1 aliphatic carbocycles. The molecule has 4 aromatic heterocycles. The van der Waals surface area contributed by atoms with Crippen LogP contribution in [0.4, 0.5) is 11.8 Å². The van der Waals surface area contributed by atoms with Gasteiger partial charge in [-0.2, -0.15) is 10.1 Å². The number of nitrogen functional groups attached to an aromatic ring is 2. The highest BCUT2D eigenvalue weighted by atomic mass is 16.6. The average molecular weight is 1620 g/mol. The predicted molar refractivity (Wildman–Crippen MR) is 430 cm³/mol. The third-order valence-corrected chi connectivity index (χ3v) is 22.5. The van der Waals surface area contributed by atoms with Crippen LogP contribution in [0.2, 0.25) is 0 Å². The van der Waals surface area contributed by atoms with Crippen LogP contribution in [0.15, 0.2) is 82.7 Å². The summed E-state index contributed by atoms with van der Waals surface area (Å²) in [4.78, 5) is 97.9. The molecule has 116 heavy (non-hydrogen) atoms. The van der Waals surface area contributed by atoms with Gasteiger partial charge in [0.2, 0.25) is 11.7 Å². The van der Waals surface area contributed by atoms with Gasteiger partial charge in [0, 0.05) is 82.1 Å². The molecule has 15 atom stereocenters. The van der Waals surface area contributed by atoms with Gasteiger partial charge in [-0.15, -0.1) is 5.10 Å². The molecule has 640 valence electrons. The number of carbonyl (C=O) groups is 6. The van der Waals surface area contributed by atoms with E-state index in [-0.39, 0.29) is 80.1 Å². The highest BCUT2D eigenvalue weighted by molar-refractivity contribution is 6.39. The van der Waals surface area contributed by atoms with Crippen LogP contribution in [-0.4, -0.2) is 248 Å². The molecule has 32 heteroatoms. The van der Waals surface area contributed by atoms with Gasteiger partial charge in [0.25, 0.3) is 17.7 Å². The number of methoxy groups -OCH3 is 1. The van der Waals surface area contributed by atoms with E-state index >= 15 is 0 Å². The van der Waals surface area contributed by atoms with Crippen molar-refractivity contribution in [1.29, 1.82) is 0 Å². The first-order valence-electron chi connectivity index (χ1n) is 41.4. The van der Waals surface area contributed by atoms with Gasteiger partial charge in [0.15, 0.2) is 17.0 Å². The smallest absolute Gasteiger partial charge is 0.329 e. The predicted octanol–water partition coefficient (Wildman–Crippen LogP) is 7.69. The second-order valence-corrected chi connectivity index (χ2v) is 31.6. The highest BCUT2D eigenvalue weighted by Gasteiger charge is 2.53. The minimum Gasteiger partial charge on any atom is -0.460 e. The number of aliphatic hydroxyl groups is 4. The molecule has 32 nitrogen and oxygen atoms in total. The van der Waals surface area contributed by atoms with Crippen molar-refractivity contribution in [3.8, 4) is 11.3 Å². The van der Waals surface area contributed by atoms with E-state index in [1.165, 1.54) is 17.3 Å². The Hall–Kier alpha value is -8.12. The Morgan fingerprint density at radius 3 is 2.25 bits per heavy atom. The fourth-order valence-electron chi connectivity index (χ4n) is 15.5. The highest BCUT2D eigenvalue weighted by Crippen LogP contribution is 2.39. The number of nitrogens with one attached hydrogen (secondary N) is 1. The van der Waals surface area contributed by atoms with Gasteiger partial charge >= 0.3 is 5.97 Å². The number of aryl methyl sites for hydroxylation is 2. The van der Waals surface area contributed by atoms with Crippen molar-refractivity contribution in [2.75, 3.05) is 104 Å². The number of Topliss-reactive ketones (excluding diaryl/α,β-unsaturated/α-hetero) is 3. The van der Waals surface area contributed by atoms with Gasteiger partial charge < -0.3 is 89.2 Å². The SMILES string of the molecule is CO[C@H]1C[C@@H]2CC[C@@H](C)[C@@](O)(O2)C(=O)C(=O)N2CCCC[C@H]2C(=O)O[C@H]([C@H](C)C[C@@H]2CC[C@@H](OCCCCc3cn(CCOCCOCCOCCOCCOCCC(=O)NCCCCn4nc(-c5ccc6oc(N)nc6c5)c5c(N)ncnc54)nn3)[C@H](O)C2)CC(=O)[C@H](C)/C=C(\C)[C@@H](O)[C@@H](O)C(=O)[C@H](C)C[C@H](C)/C=C/C=C/C=C/1C. The maximum Gasteiger partial charge on any atom is 0.329 e. The van der Waals surface area contributed by atoms with Crippen LogP contribution in [-0.2, 0) is 90.9 Å². The molecule has 3 aliphatic heterocycles. The van der Waals surface area contributed by atoms with E-state index in [1.54, 1.807) is 50.2 Å². The lowest BCUT2D eigenvalue weighted by atomic mass is 9.78. The van der Waals surface area contributed by atoms with E-state index in [4.69, 9.17) is 63.6 Å². The molecule has 4 aliphatic rings. The number of cyclic esters (lactones) is 1. The largest absolute Gasteiger partial charge is 0.460 e. The number of piperidine rings is 1. The first kappa shape index (κ1) is 91.8. The summed E-state index contributed by atoms with van der Waals surface area (Å²) in [5, 5.41) is 63.1. The van der Waals surface area contributed by atoms with Crippen molar-refractivity contribution in [3.05, 3.63) is 84.0 Å². The number of rotatable bonds is 34. The lowest BCUT2D eigenvalue weighted by Gasteiger charge is -2.42. The Kier molecular flexibility index (Phi) is 36.6. The molecule has 2 bridgehead atoms. The zero-order chi connectivity index (χ0) is 83.3. The number of benzene rings is 1. The van der Waals surface area contributed by atoms with Crippen LogP contribution in [0.3, 0.4) is 0 Å². The van der Waals surface area contributed by atoms with Crippen molar-refractivity contribution in [2.45, 2.75) is 232 Å². The number of hydrogen-bond donors (Lipinski definition) is 7. The lowest BCUT2D eigenvalue weighted by molar-refractivity contribution is -0.265. The molecule has 1 saturated carbocycles. The zero-order valence-corrected chi connectivity index (χ0v) is 68.8. The monoisotopic (exact) mass is 1620 g/mol. The van der Waals surface area contributed by atoms with E-state index in [9.17, 15) is 49.2 Å². The molecule has 3 fully saturated rings. The van der Waals surface area contributed by atoms with E-state index in [0.717, 1.165) is 42.5 Å². The van der Waals surface area contributed by atoms with Gasteiger partial charge in [0.1, 0.15) is 53.5 Å². The van der Waals surface area contributed by atoms with Crippen molar-refractivity contribution in [1.82, 2.24) is 49.9 Å². The fourth-order valence-corrected chi connectivity index (χ4v) is 15.5. The van der Waals surface area contributed by atoms with Crippen LogP contribution >= 0.6 is 0 Å². The maximum absolute atomic E-state index is 14.7. The van der Waals surface area contributed by atoms with Gasteiger partial charge in [-0.1, -0.05) is 76.3 Å². The molecule has 2 amide bonds. The number of ether oxygens (including phenoxy) is 9. The number of allylic oxidation sites excluding steroid dienone is 6. The summed E-state index contributed by atoms with van der Waals surface area (Å²) in [6.07, 6.45) is 16.1. The molecule has 7 heterocycles. The van der Waals surface area contributed by atoms with Crippen LogP contribution in [0.1, 0.15) is 163 Å². The summed E-state index contributed by atoms with van der Waals surface area (Å²) in [7, 11) is 1.56.